The zero-order valence-corrected chi connectivity index (χ0v) is 11.3. The molecule has 0 fully saturated rings. The van der Waals surface area contributed by atoms with E-state index < -0.39 is 0 Å². The average Bonchev–Trinajstić information content (AvgIpc) is 2.34. The van der Waals surface area contributed by atoms with E-state index in [0.717, 1.165) is 12.8 Å². The maximum atomic E-state index is 11.4. The highest BCUT2D eigenvalue weighted by Crippen LogP contribution is 2.06. The number of methoxy groups -OCH3 is 1. The fourth-order valence-corrected chi connectivity index (χ4v) is 1.48. The van der Waals surface area contributed by atoms with E-state index in [4.69, 9.17) is 9.47 Å². The van der Waals surface area contributed by atoms with Crippen LogP contribution in [0.25, 0.3) is 0 Å². The Labute approximate surface area is 105 Å². The third kappa shape index (κ3) is 10.1. The predicted molar refractivity (Wildman–Crippen MR) is 70.0 cm³/mol. The van der Waals surface area contributed by atoms with Crippen molar-refractivity contribution in [1.29, 1.82) is 0 Å². The zero-order chi connectivity index (χ0) is 12.9. The van der Waals surface area contributed by atoms with Gasteiger partial charge >= 0.3 is 5.97 Å². The molecule has 0 aliphatic heterocycles. The van der Waals surface area contributed by atoms with Crippen LogP contribution in [0.5, 0.6) is 0 Å². The molecule has 0 saturated carbocycles. The predicted octanol–water partition coefficient (Wildman–Crippen LogP) is 3.48. The Balaban J connectivity index is 3.35. The Morgan fingerprint density at radius 3 is 2.35 bits per heavy atom. The number of unbranched alkanes of at least 4 members (excludes halogenated alkanes) is 5. The molecule has 0 spiro atoms. The van der Waals surface area contributed by atoms with Crippen LogP contribution < -0.4 is 0 Å². The third-order valence-electron chi connectivity index (χ3n) is 2.63. The molecule has 0 aromatic heterocycles. The molecule has 3 heteroatoms. The van der Waals surface area contributed by atoms with E-state index in [2.05, 4.69) is 13.5 Å². The lowest BCUT2D eigenvalue weighted by atomic mass is 10.1. The Bertz CT molecular complexity index is 212. The molecule has 0 aliphatic rings. The lowest BCUT2D eigenvalue weighted by molar-refractivity contribution is -0.139. The summed E-state index contributed by atoms with van der Waals surface area (Å²) < 4.78 is 9.99. The van der Waals surface area contributed by atoms with Crippen molar-refractivity contribution in [2.24, 2.45) is 0 Å². The largest absolute Gasteiger partial charge is 0.462 e. The molecule has 3 nitrogen and oxygen atoms in total. The topological polar surface area (TPSA) is 35.5 Å². The monoisotopic (exact) mass is 242 g/mol. The van der Waals surface area contributed by atoms with Gasteiger partial charge in [-0.25, -0.2) is 4.79 Å². The Hall–Kier alpha value is -0.830. The van der Waals surface area contributed by atoms with Crippen LogP contribution in [0.4, 0.5) is 0 Å². The van der Waals surface area contributed by atoms with Gasteiger partial charge in [0, 0.05) is 19.1 Å². The highest BCUT2D eigenvalue weighted by Gasteiger charge is 2.07. The molecule has 0 rings (SSSR count). The molecule has 0 N–H and O–H groups in total. The van der Waals surface area contributed by atoms with Gasteiger partial charge in [-0.2, -0.15) is 0 Å². The van der Waals surface area contributed by atoms with Crippen LogP contribution in [-0.4, -0.2) is 26.3 Å². The normalized spacial score (nSPS) is 10.2. The number of carbonyl (C=O) groups is 1. The van der Waals surface area contributed by atoms with E-state index in [1.54, 1.807) is 7.11 Å². The van der Waals surface area contributed by atoms with E-state index in [1.165, 1.54) is 25.7 Å². The molecule has 0 saturated heterocycles. The minimum atomic E-state index is -0.282. The van der Waals surface area contributed by atoms with E-state index in [-0.39, 0.29) is 5.97 Å². The van der Waals surface area contributed by atoms with Gasteiger partial charge in [-0.05, 0) is 6.42 Å². The first-order chi connectivity index (χ1) is 8.22. The Kier molecular flexibility index (Phi) is 11.1. The lowest BCUT2D eigenvalue weighted by Crippen LogP contribution is -2.09. The van der Waals surface area contributed by atoms with Crippen molar-refractivity contribution < 1.29 is 14.3 Å². The van der Waals surface area contributed by atoms with Gasteiger partial charge in [0.25, 0.3) is 0 Å². The molecule has 100 valence electrons. The molecule has 0 bridgehead atoms. The second-order valence-corrected chi connectivity index (χ2v) is 4.25. The molecule has 0 aromatic rings. The lowest BCUT2D eigenvalue weighted by Gasteiger charge is -2.06. The van der Waals surface area contributed by atoms with Crippen molar-refractivity contribution in [3.63, 3.8) is 0 Å². The van der Waals surface area contributed by atoms with Gasteiger partial charge in [-0.1, -0.05) is 45.6 Å². The molecule has 0 unspecified atom stereocenters. The van der Waals surface area contributed by atoms with Gasteiger partial charge < -0.3 is 9.47 Å². The van der Waals surface area contributed by atoms with Gasteiger partial charge in [0.2, 0.25) is 0 Å². The summed E-state index contributed by atoms with van der Waals surface area (Å²) >= 11 is 0. The van der Waals surface area contributed by atoms with Gasteiger partial charge in [0.05, 0.1) is 13.2 Å². The quantitative estimate of drug-likeness (QED) is 0.316. The van der Waals surface area contributed by atoms with Crippen molar-refractivity contribution >= 4 is 5.97 Å². The van der Waals surface area contributed by atoms with Gasteiger partial charge in [-0.3, -0.25) is 0 Å². The summed E-state index contributed by atoms with van der Waals surface area (Å²) in [5.41, 5.74) is 0.498. The summed E-state index contributed by atoms with van der Waals surface area (Å²) in [6, 6.07) is 0. The number of carbonyl (C=O) groups excluding carboxylic acids is 1. The standard InChI is InChI=1S/C14H26O3/c1-4-5-6-7-8-9-11-17-14(15)13(2)10-12-16-3/h2,4-12H2,1,3H3. The Morgan fingerprint density at radius 2 is 1.71 bits per heavy atom. The highest BCUT2D eigenvalue weighted by atomic mass is 16.5. The fourth-order valence-electron chi connectivity index (χ4n) is 1.48. The van der Waals surface area contributed by atoms with Crippen molar-refractivity contribution in [1.82, 2.24) is 0 Å². The molecule has 0 aromatic carbocycles. The second kappa shape index (κ2) is 11.6. The summed E-state index contributed by atoms with van der Waals surface area (Å²) in [4.78, 5) is 11.4. The molecular weight excluding hydrogens is 216 g/mol. The van der Waals surface area contributed by atoms with Crippen molar-refractivity contribution in [2.45, 2.75) is 51.9 Å². The van der Waals surface area contributed by atoms with Crippen LogP contribution in [0.1, 0.15) is 51.9 Å². The van der Waals surface area contributed by atoms with Crippen molar-refractivity contribution in [3.8, 4) is 0 Å². The highest BCUT2D eigenvalue weighted by molar-refractivity contribution is 5.87. The molecule has 0 atom stereocenters. The maximum absolute atomic E-state index is 11.4. The SMILES string of the molecule is C=C(CCOC)C(=O)OCCCCCCCC. The first kappa shape index (κ1) is 16.2. The van der Waals surface area contributed by atoms with Crippen molar-refractivity contribution in [3.05, 3.63) is 12.2 Å². The van der Waals surface area contributed by atoms with Gasteiger partial charge in [0.15, 0.2) is 0 Å². The molecule has 0 heterocycles. The van der Waals surface area contributed by atoms with Crippen LogP contribution in [0, 0.1) is 0 Å². The first-order valence-electron chi connectivity index (χ1n) is 6.56. The minimum Gasteiger partial charge on any atom is -0.462 e. The average molecular weight is 242 g/mol. The summed E-state index contributed by atoms with van der Waals surface area (Å²) in [5, 5.41) is 0. The Morgan fingerprint density at radius 1 is 1.06 bits per heavy atom. The van der Waals surface area contributed by atoms with E-state index in [0.29, 0.717) is 25.2 Å². The molecule has 0 aliphatic carbocycles. The molecule has 0 radical (unpaired) electrons. The van der Waals surface area contributed by atoms with Crippen LogP contribution in [0.15, 0.2) is 12.2 Å². The summed E-state index contributed by atoms with van der Waals surface area (Å²) in [5.74, 6) is -0.282. The molecule has 0 amide bonds. The van der Waals surface area contributed by atoms with Gasteiger partial charge in [0.1, 0.15) is 0 Å². The number of esters is 1. The van der Waals surface area contributed by atoms with Crippen LogP contribution >= 0.6 is 0 Å². The number of rotatable bonds is 11. The maximum Gasteiger partial charge on any atom is 0.333 e. The van der Waals surface area contributed by atoms with E-state index >= 15 is 0 Å². The second-order valence-electron chi connectivity index (χ2n) is 4.25. The third-order valence-corrected chi connectivity index (χ3v) is 2.63. The van der Waals surface area contributed by atoms with Crippen LogP contribution in [-0.2, 0) is 14.3 Å². The van der Waals surface area contributed by atoms with Crippen LogP contribution in [0.3, 0.4) is 0 Å². The number of ether oxygens (including phenoxy) is 2. The van der Waals surface area contributed by atoms with Crippen molar-refractivity contribution in [2.75, 3.05) is 20.3 Å². The fraction of sp³-hybridized carbons (Fsp3) is 0.786. The smallest absolute Gasteiger partial charge is 0.333 e. The first-order valence-corrected chi connectivity index (χ1v) is 6.56. The summed E-state index contributed by atoms with van der Waals surface area (Å²) in [6.45, 7) is 6.91. The molecular formula is C14H26O3. The number of hydrogen-bond acceptors (Lipinski definition) is 3. The zero-order valence-electron chi connectivity index (χ0n) is 11.3. The number of hydrogen-bond donors (Lipinski definition) is 0. The van der Waals surface area contributed by atoms with Crippen LogP contribution in [0.2, 0.25) is 0 Å². The van der Waals surface area contributed by atoms with E-state index in [1.807, 2.05) is 0 Å². The van der Waals surface area contributed by atoms with E-state index in [9.17, 15) is 4.79 Å². The summed E-state index contributed by atoms with van der Waals surface area (Å²) in [6.07, 6.45) is 7.71. The summed E-state index contributed by atoms with van der Waals surface area (Å²) in [7, 11) is 1.61. The minimum absolute atomic E-state index is 0.282. The van der Waals surface area contributed by atoms with Gasteiger partial charge in [-0.15, -0.1) is 0 Å². The molecule has 17 heavy (non-hydrogen) atoms.